The molecular weight excluding hydrogens is 462 g/mol. The lowest BCUT2D eigenvalue weighted by molar-refractivity contribution is -0.139. The van der Waals surface area contributed by atoms with Crippen LogP contribution in [0.3, 0.4) is 0 Å². The summed E-state index contributed by atoms with van der Waals surface area (Å²) in [4.78, 5) is 34.5. The minimum Gasteiger partial charge on any atom is -0.339 e. The minimum absolute atomic E-state index is 0.153. The number of anilines is 1. The van der Waals surface area contributed by atoms with Crippen LogP contribution in [0.25, 0.3) is 0 Å². The number of carbonyl (C=O) groups is 2. The van der Waals surface area contributed by atoms with Gasteiger partial charge in [0.2, 0.25) is 5.91 Å². The summed E-state index contributed by atoms with van der Waals surface area (Å²) in [6.45, 7) is 13.7. The van der Waals surface area contributed by atoms with E-state index >= 15 is 0 Å². The zero-order chi connectivity index (χ0) is 25.6. The molecule has 0 saturated carbocycles. The fourth-order valence-electron chi connectivity index (χ4n) is 4.78. The molecule has 1 aliphatic rings. The number of likely N-dealkylation sites (N-methyl/N-ethyl adjacent to an activating group) is 1. The number of urea groups is 1. The molecule has 3 rings (SSSR count). The summed E-state index contributed by atoms with van der Waals surface area (Å²) in [7, 11) is 0. The predicted octanol–water partition coefficient (Wildman–Crippen LogP) is 4.76. The molecule has 190 valence electrons. The maximum Gasteiger partial charge on any atom is 0.319 e. The van der Waals surface area contributed by atoms with Gasteiger partial charge in [-0.3, -0.25) is 9.78 Å². The van der Waals surface area contributed by atoms with E-state index in [1.54, 1.807) is 0 Å². The average Bonchev–Trinajstić information content (AvgIpc) is 2.80. The Bertz CT molecular complexity index is 996. The highest BCUT2D eigenvalue weighted by molar-refractivity contribution is 6.30. The average molecular weight is 500 g/mol. The fourth-order valence-corrected chi connectivity index (χ4v) is 4.91. The number of hydrogen-bond acceptors (Lipinski definition) is 4. The van der Waals surface area contributed by atoms with Crippen LogP contribution in [0.2, 0.25) is 5.02 Å². The van der Waals surface area contributed by atoms with E-state index in [1.807, 2.05) is 69.0 Å². The predicted molar refractivity (Wildman–Crippen MR) is 142 cm³/mol. The van der Waals surface area contributed by atoms with Gasteiger partial charge in [-0.05, 0) is 77.3 Å². The number of amides is 3. The van der Waals surface area contributed by atoms with Crippen LogP contribution in [0.4, 0.5) is 10.5 Å². The highest BCUT2D eigenvalue weighted by Crippen LogP contribution is 2.29. The lowest BCUT2D eigenvalue weighted by Gasteiger charge is -2.41. The van der Waals surface area contributed by atoms with E-state index in [-0.39, 0.29) is 18.0 Å². The lowest BCUT2D eigenvalue weighted by Crippen LogP contribution is -2.52. The Hall–Kier alpha value is -2.64. The van der Waals surface area contributed by atoms with Gasteiger partial charge in [-0.1, -0.05) is 23.7 Å². The monoisotopic (exact) mass is 499 g/mol. The molecule has 0 radical (unpaired) electrons. The molecule has 7 nitrogen and oxygen atoms in total. The van der Waals surface area contributed by atoms with E-state index < -0.39 is 5.41 Å². The van der Waals surface area contributed by atoms with Crippen LogP contribution in [-0.2, 0) is 10.2 Å². The number of nitrogens with one attached hydrogen (secondary N) is 2. The molecule has 1 aromatic heterocycles. The minimum atomic E-state index is -0.610. The number of pyridine rings is 1. The van der Waals surface area contributed by atoms with E-state index in [2.05, 4.69) is 27.4 Å². The molecule has 0 aliphatic carbocycles. The molecule has 1 aromatic carbocycles. The van der Waals surface area contributed by atoms with Gasteiger partial charge in [0.05, 0.1) is 5.41 Å². The smallest absolute Gasteiger partial charge is 0.319 e. The highest BCUT2D eigenvalue weighted by atomic mass is 35.5. The standard InChI is InChI=1S/C27H38ClN5O2/c1-6-33(25(34)27(4,5)21-7-9-22(28)10-8-21)24-11-14-32(15-12-24)16-13-29-26(35)31-23-17-19(2)30-20(3)18-23/h7-10,17-18,24H,6,11-16H2,1-5H3,(H2,29,30,31,35). The fraction of sp³-hybridized carbons (Fsp3) is 0.519. The normalized spacial score (nSPS) is 15.0. The molecule has 0 unspecified atom stereocenters. The molecule has 35 heavy (non-hydrogen) atoms. The van der Waals surface area contributed by atoms with Crippen molar-refractivity contribution in [2.24, 2.45) is 0 Å². The molecule has 2 aromatic rings. The van der Waals surface area contributed by atoms with Gasteiger partial charge >= 0.3 is 6.03 Å². The van der Waals surface area contributed by atoms with Crippen molar-refractivity contribution in [3.63, 3.8) is 0 Å². The summed E-state index contributed by atoms with van der Waals surface area (Å²) in [5.41, 5.74) is 2.86. The van der Waals surface area contributed by atoms with Crippen molar-refractivity contribution in [2.75, 3.05) is 38.0 Å². The quantitative estimate of drug-likeness (QED) is 0.548. The van der Waals surface area contributed by atoms with Gasteiger partial charge < -0.3 is 20.4 Å². The van der Waals surface area contributed by atoms with Crippen LogP contribution in [0, 0.1) is 13.8 Å². The van der Waals surface area contributed by atoms with E-state index in [4.69, 9.17) is 11.6 Å². The third-order valence-electron chi connectivity index (χ3n) is 6.75. The van der Waals surface area contributed by atoms with Crippen molar-refractivity contribution >= 4 is 29.2 Å². The molecule has 2 heterocycles. The number of halogens is 1. The number of piperidine rings is 1. The van der Waals surface area contributed by atoms with Gasteiger partial charge in [-0.25, -0.2) is 4.79 Å². The number of carbonyl (C=O) groups excluding carboxylic acids is 2. The Kier molecular flexibility index (Phi) is 9.14. The van der Waals surface area contributed by atoms with Crippen LogP contribution < -0.4 is 10.6 Å². The van der Waals surface area contributed by atoms with Crippen molar-refractivity contribution in [2.45, 2.75) is 58.9 Å². The molecule has 8 heteroatoms. The molecule has 1 saturated heterocycles. The molecule has 3 amide bonds. The van der Waals surface area contributed by atoms with E-state index in [0.29, 0.717) is 18.1 Å². The molecular formula is C27H38ClN5O2. The van der Waals surface area contributed by atoms with Crippen LogP contribution in [-0.4, -0.2) is 65.5 Å². The highest BCUT2D eigenvalue weighted by Gasteiger charge is 2.37. The molecule has 1 fully saturated rings. The van der Waals surface area contributed by atoms with Gasteiger partial charge in [0.1, 0.15) is 0 Å². The summed E-state index contributed by atoms with van der Waals surface area (Å²) in [6.07, 6.45) is 1.86. The van der Waals surface area contributed by atoms with E-state index in [9.17, 15) is 9.59 Å². The summed E-state index contributed by atoms with van der Waals surface area (Å²) >= 11 is 6.04. The largest absolute Gasteiger partial charge is 0.339 e. The van der Waals surface area contributed by atoms with Gasteiger partial charge in [-0.2, -0.15) is 0 Å². The summed E-state index contributed by atoms with van der Waals surface area (Å²) in [5.74, 6) is 0.153. The van der Waals surface area contributed by atoms with Crippen molar-refractivity contribution in [3.8, 4) is 0 Å². The topological polar surface area (TPSA) is 77.6 Å². The number of hydrogen-bond donors (Lipinski definition) is 2. The maximum atomic E-state index is 13.5. The molecule has 2 N–H and O–H groups in total. The Labute approximate surface area is 214 Å². The zero-order valence-electron chi connectivity index (χ0n) is 21.5. The zero-order valence-corrected chi connectivity index (χ0v) is 22.3. The molecule has 0 bridgehead atoms. The summed E-state index contributed by atoms with van der Waals surface area (Å²) in [5, 5.41) is 6.48. The van der Waals surface area contributed by atoms with Crippen LogP contribution in [0.5, 0.6) is 0 Å². The number of rotatable bonds is 8. The van der Waals surface area contributed by atoms with Gasteiger partial charge in [0.15, 0.2) is 0 Å². The van der Waals surface area contributed by atoms with Crippen molar-refractivity contribution < 1.29 is 9.59 Å². The first kappa shape index (κ1) is 27.0. The Balaban J connectivity index is 1.46. The first-order valence-corrected chi connectivity index (χ1v) is 12.8. The van der Waals surface area contributed by atoms with Gasteiger partial charge in [0.25, 0.3) is 0 Å². The first-order valence-electron chi connectivity index (χ1n) is 12.4. The molecule has 1 aliphatic heterocycles. The number of likely N-dealkylation sites (tertiary alicyclic amines) is 1. The van der Waals surface area contributed by atoms with Crippen LogP contribution in [0.15, 0.2) is 36.4 Å². The second kappa shape index (κ2) is 11.9. The molecule has 0 spiro atoms. The maximum absolute atomic E-state index is 13.5. The van der Waals surface area contributed by atoms with Gasteiger partial charge in [0, 0.05) is 60.9 Å². The van der Waals surface area contributed by atoms with E-state index in [1.165, 1.54) is 0 Å². The van der Waals surface area contributed by atoms with Crippen LogP contribution >= 0.6 is 11.6 Å². The lowest BCUT2D eigenvalue weighted by atomic mass is 9.82. The third kappa shape index (κ3) is 7.18. The summed E-state index contributed by atoms with van der Waals surface area (Å²) in [6, 6.07) is 11.3. The third-order valence-corrected chi connectivity index (χ3v) is 7.00. The Morgan fingerprint density at radius 1 is 1.11 bits per heavy atom. The second-order valence-electron chi connectivity index (χ2n) is 9.82. The molecule has 0 atom stereocenters. The number of aryl methyl sites for hydroxylation is 2. The van der Waals surface area contributed by atoms with Crippen molar-refractivity contribution in [1.29, 1.82) is 0 Å². The van der Waals surface area contributed by atoms with Gasteiger partial charge in [-0.15, -0.1) is 0 Å². The SMILES string of the molecule is CCN(C(=O)C(C)(C)c1ccc(Cl)cc1)C1CCN(CCNC(=O)Nc2cc(C)nc(C)c2)CC1. The van der Waals surface area contributed by atoms with E-state index in [0.717, 1.165) is 55.1 Å². The Morgan fingerprint density at radius 2 is 1.71 bits per heavy atom. The summed E-state index contributed by atoms with van der Waals surface area (Å²) < 4.78 is 0. The number of nitrogens with zero attached hydrogens (tertiary/aromatic N) is 3. The number of benzene rings is 1. The first-order chi connectivity index (χ1) is 16.6. The van der Waals surface area contributed by atoms with Crippen molar-refractivity contribution in [1.82, 2.24) is 20.1 Å². The van der Waals surface area contributed by atoms with Crippen LogP contribution in [0.1, 0.15) is 50.6 Å². The second-order valence-corrected chi connectivity index (χ2v) is 10.3. The Morgan fingerprint density at radius 3 is 2.29 bits per heavy atom. The number of aromatic nitrogens is 1. The van der Waals surface area contributed by atoms with Crippen molar-refractivity contribution in [3.05, 3.63) is 58.4 Å².